The van der Waals surface area contributed by atoms with Crippen LogP contribution in [0.5, 0.6) is 11.5 Å². The van der Waals surface area contributed by atoms with Crippen LogP contribution in [0.4, 0.5) is 0 Å². The molecule has 1 saturated heterocycles. The molecule has 1 aliphatic heterocycles. The minimum atomic E-state index is -0.0635. The molecule has 1 fully saturated rings. The highest BCUT2D eigenvalue weighted by atomic mass is 32.2. The van der Waals surface area contributed by atoms with Crippen LogP contribution in [0.3, 0.4) is 0 Å². The van der Waals surface area contributed by atoms with Crippen LogP contribution in [-0.2, 0) is 11.2 Å². The molecule has 0 bridgehead atoms. The highest BCUT2D eigenvalue weighted by Gasteiger charge is 2.31. The number of pyridine rings is 1. The number of hydrogen-bond acceptors (Lipinski definition) is 6. The molecule has 4 rings (SSSR count). The number of para-hydroxylation sites is 1. The zero-order valence-electron chi connectivity index (χ0n) is 16.6. The zero-order chi connectivity index (χ0) is 21.1. The van der Waals surface area contributed by atoms with E-state index in [0.717, 1.165) is 22.0 Å². The Hall–Kier alpha value is -2.90. The molecule has 5 nitrogen and oxygen atoms in total. The molecule has 1 aliphatic rings. The lowest BCUT2D eigenvalue weighted by Gasteiger charge is -2.15. The Labute approximate surface area is 184 Å². The molecule has 0 unspecified atom stereocenters. The molecule has 2 aromatic carbocycles. The zero-order valence-corrected chi connectivity index (χ0v) is 18.3. The second-order valence-corrected chi connectivity index (χ2v) is 8.37. The predicted molar refractivity (Wildman–Crippen MR) is 125 cm³/mol. The Kier molecular flexibility index (Phi) is 6.01. The molecule has 2 heterocycles. The van der Waals surface area contributed by atoms with Crippen LogP contribution in [0.1, 0.15) is 11.1 Å². The lowest BCUT2D eigenvalue weighted by molar-refractivity contribution is -0.122. The molecule has 152 valence electrons. The first kappa shape index (κ1) is 20.4. The number of rotatable bonds is 6. The van der Waals surface area contributed by atoms with Gasteiger partial charge in [0.25, 0.3) is 5.91 Å². The van der Waals surface area contributed by atoms with Gasteiger partial charge >= 0.3 is 0 Å². The van der Waals surface area contributed by atoms with Crippen molar-refractivity contribution in [2.75, 3.05) is 20.8 Å². The third-order valence-corrected chi connectivity index (χ3v) is 6.29. The Morgan fingerprint density at radius 3 is 2.70 bits per heavy atom. The first-order valence-corrected chi connectivity index (χ1v) is 10.6. The molecular weight excluding hydrogens is 416 g/mol. The van der Waals surface area contributed by atoms with Gasteiger partial charge in [-0.25, -0.2) is 0 Å². The van der Waals surface area contributed by atoms with E-state index in [2.05, 4.69) is 4.98 Å². The summed E-state index contributed by atoms with van der Waals surface area (Å²) >= 11 is 6.82. The first-order valence-electron chi connectivity index (χ1n) is 9.40. The van der Waals surface area contributed by atoms with Gasteiger partial charge in [0.15, 0.2) is 11.5 Å². The largest absolute Gasteiger partial charge is 0.493 e. The van der Waals surface area contributed by atoms with Crippen LogP contribution in [0, 0.1) is 0 Å². The molecule has 7 heteroatoms. The monoisotopic (exact) mass is 436 g/mol. The predicted octanol–water partition coefficient (Wildman–Crippen LogP) is 4.70. The molecule has 30 heavy (non-hydrogen) atoms. The number of ether oxygens (including phenoxy) is 2. The van der Waals surface area contributed by atoms with Crippen molar-refractivity contribution in [3.63, 3.8) is 0 Å². The van der Waals surface area contributed by atoms with Crippen LogP contribution < -0.4 is 9.47 Å². The second kappa shape index (κ2) is 8.85. The maximum absolute atomic E-state index is 13.0. The van der Waals surface area contributed by atoms with E-state index in [1.165, 1.54) is 11.8 Å². The maximum Gasteiger partial charge on any atom is 0.266 e. The highest BCUT2D eigenvalue weighted by Crippen LogP contribution is 2.34. The number of carbonyl (C=O) groups excluding carboxylic acids is 1. The van der Waals surface area contributed by atoms with E-state index in [0.29, 0.717) is 33.7 Å². The number of aromatic nitrogens is 1. The van der Waals surface area contributed by atoms with Gasteiger partial charge in [0.1, 0.15) is 4.32 Å². The van der Waals surface area contributed by atoms with Gasteiger partial charge in [-0.3, -0.25) is 14.7 Å². The fourth-order valence-electron chi connectivity index (χ4n) is 3.35. The number of amides is 1. The lowest BCUT2D eigenvalue weighted by atomic mass is 10.1. The minimum absolute atomic E-state index is 0.0635. The van der Waals surface area contributed by atoms with E-state index in [1.54, 1.807) is 25.3 Å². The van der Waals surface area contributed by atoms with E-state index in [1.807, 2.05) is 54.6 Å². The van der Waals surface area contributed by atoms with Crippen molar-refractivity contribution in [1.82, 2.24) is 9.88 Å². The normalized spacial score (nSPS) is 15.3. The summed E-state index contributed by atoms with van der Waals surface area (Å²) in [5, 5.41) is 1.01. The average molecular weight is 437 g/mol. The summed E-state index contributed by atoms with van der Waals surface area (Å²) < 4.78 is 11.2. The van der Waals surface area contributed by atoms with E-state index >= 15 is 0 Å². The van der Waals surface area contributed by atoms with Gasteiger partial charge in [-0.15, -0.1) is 0 Å². The molecule has 0 radical (unpaired) electrons. The van der Waals surface area contributed by atoms with Crippen molar-refractivity contribution in [1.29, 1.82) is 0 Å². The second-order valence-electron chi connectivity index (χ2n) is 6.69. The van der Waals surface area contributed by atoms with Gasteiger partial charge < -0.3 is 9.47 Å². The Balaban J connectivity index is 1.52. The van der Waals surface area contributed by atoms with Crippen molar-refractivity contribution in [3.8, 4) is 11.5 Å². The summed E-state index contributed by atoms with van der Waals surface area (Å²) in [6.45, 7) is 0.509. The number of methoxy groups -OCH3 is 2. The fourth-order valence-corrected chi connectivity index (χ4v) is 4.65. The minimum Gasteiger partial charge on any atom is -0.493 e. The Bertz CT molecular complexity index is 1150. The van der Waals surface area contributed by atoms with Gasteiger partial charge in [-0.1, -0.05) is 48.2 Å². The van der Waals surface area contributed by atoms with Crippen molar-refractivity contribution < 1.29 is 14.3 Å². The number of thioether (sulfide) groups is 1. The number of nitrogens with zero attached hydrogens (tertiary/aromatic N) is 2. The SMILES string of the molecule is COc1ccc(CCN2C(=O)/C(=C/c3ccnc4ccccc34)SC2=S)cc1OC. The van der Waals surface area contributed by atoms with E-state index < -0.39 is 0 Å². The Morgan fingerprint density at radius 1 is 1.10 bits per heavy atom. The summed E-state index contributed by atoms with van der Waals surface area (Å²) in [5.41, 5.74) is 2.90. The molecule has 1 aromatic heterocycles. The van der Waals surface area contributed by atoms with E-state index in [9.17, 15) is 4.79 Å². The quantitative estimate of drug-likeness (QED) is 0.413. The summed E-state index contributed by atoms with van der Waals surface area (Å²) in [6.07, 6.45) is 4.32. The van der Waals surface area contributed by atoms with Gasteiger partial charge in [0.2, 0.25) is 0 Å². The number of thiocarbonyl (C=S) groups is 1. The molecule has 0 spiro atoms. The summed E-state index contributed by atoms with van der Waals surface area (Å²) in [4.78, 5) is 19.7. The molecule has 0 N–H and O–H groups in total. The number of fused-ring (bicyclic) bond motifs is 1. The third kappa shape index (κ3) is 4.04. The van der Waals surface area contributed by atoms with Crippen molar-refractivity contribution in [3.05, 3.63) is 70.8 Å². The van der Waals surface area contributed by atoms with E-state index in [-0.39, 0.29) is 5.91 Å². The standard InChI is InChI=1S/C23H20N2O3S2/c1-27-19-8-7-15(13-20(19)28-2)10-12-25-22(26)21(30-23(25)29)14-16-9-11-24-18-6-4-3-5-17(16)18/h3-9,11,13-14H,10,12H2,1-2H3/b21-14-. The van der Waals surface area contributed by atoms with Gasteiger partial charge in [-0.2, -0.15) is 0 Å². The first-order chi connectivity index (χ1) is 14.6. The van der Waals surface area contributed by atoms with Gasteiger partial charge in [0, 0.05) is 18.1 Å². The van der Waals surface area contributed by atoms with Gasteiger partial charge in [0.05, 0.1) is 24.6 Å². The maximum atomic E-state index is 13.0. The average Bonchev–Trinajstić information content (AvgIpc) is 3.04. The third-order valence-electron chi connectivity index (χ3n) is 4.91. The molecule has 0 saturated carbocycles. The summed E-state index contributed by atoms with van der Waals surface area (Å²) in [5.74, 6) is 1.29. The smallest absolute Gasteiger partial charge is 0.266 e. The van der Waals surface area contributed by atoms with Gasteiger partial charge in [-0.05, 0) is 47.9 Å². The molecule has 0 atom stereocenters. The van der Waals surface area contributed by atoms with Crippen LogP contribution in [0.25, 0.3) is 17.0 Å². The van der Waals surface area contributed by atoms with Crippen molar-refractivity contribution >= 4 is 51.2 Å². The highest BCUT2D eigenvalue weighted by molar-refractivity contribution is 8.26. The molecule has 0 aliphatic carbocycles. The lowest BCUT2D eigenvalue weighted by Crippen LogP contribution is -2.30. The van der Waals surface area contributed by atoms with Crippen molar-refractivity contribution in [2.24, 2.45) is 0 Å². The number of benzene rings is 2. The Morgan fingerprint density at radius 2 is 1.90 bits per heavy atom. The van der Waals surface area contributed by atoms with Crippen molar-refractivity contribution in [2.45, 2.75) is 6.42 Å². The number of carbonyl (C=O) groups is 1. The number of hydrogen-bond donors (Lipinski definition) is 0. The van der Waals surface area contributed by atoms with Crippen LogP contribution >= 0.6 is 24.0 Å². The van der Waals surface area contributed by atoms with Crippen LogP contribution in [-0.4, -0.2) is 40.9 Å². The van der Waals surface area contributed by atoms with E-state index in [4.69, 9.17) is 21.7 Å². The summed E-state index contributed by atoms with van der Waals surface area (Å²) in [6, 6.07) is 15.6. The topological polar surface area (TPSA) is 51.7 Å². The summed E-state index contributed by atoms with van der Waals surface area (Å²) in [7, 11) is 3.22. The fraction of sp³-hybridized carbons (Fsp3) is 0.174. The molecule has 1 amide bonds. The van der Waals surface area contributed by atoms with Crippen LogP contribution in [0.2, 0.25) is 0 Å². The molecular formula is C23H20N2O3S2. The van der Waals surface area contributed by atoms with Crippen LogP contribution in [0.15, 0.2) is 59.6 Å². The molecule has 3 aromatic rings.